The van der Waals surface area contributed by atoms with E-state index < -0.39 is 5.97 Å². The summed E-state index contributed by atoms with van der Waals surface area (Å²) in [6.45, 7) is 5.74. The molecule has 0 spiro atoms. The second-order valence-electron chi connectivity index (χ2n) is 5.03. The largest absolute Gasteiger partial charge is 0.465 e. The number of nitrogens with two attached hydrogens (primary N) is 1. The van der Waals surface area contributed by atoms with Crippen molar-refractivity contribution in [3.63, 3.8) is 0 Å². The highest BCUT2D eigenvalue weighted by Crippen LogP contribution is 2.22. The van der Waals surface area contributed by atoms with E-state index >= 15 is 0 Å². The molecule has 0 fully saturated rings. The van der Waals surface area contributed by atoms with Gasteiger partial charge in [0.05, 0.1) is 19.0 Å². The van der Waals surface area contributed by atoms with E-state index in [0.29, 0.717) is 17.1 Å². The molecule has 0 radical (unpaired) electrons. The number of likely N-dealkylation sites (N-methyl/N-ethyl adjacent to an activating group) is 2. The molecule has 112 valence electrons. The molecule has 1 aromatic rings. The molecule has 1 unspecified atom stereocenters. The molecule has 0 aliphatic heterocycles. The Hall–Kier alpha value is -1.82. The summed E-state index contributed by atoms with van der Waals surface area (Å²) in [5.41, 5.74) is 6.57. The first-order valence-corrected chi connectivity index (χ1v) is 6.65. The van der Waals surface area contributed by atoms with Gasteiger partial charge in [-0.15, -0.1) is 0 Å². The molecule has 1 atom stereocenters. The SMILES string of the molecule is CCN(c1ncc(N)cc1C(=O)OC)C(C)CN(C)C. The Labute approximate surface area is 120 Å². The third-order valence-corrected chi connectivity index (χ3v) is 3.07. The molecule has 1 heterocycles. The molecule has 0 aromatic carbocycles. The summed E-state index contributed by atoms with van der Waals surface area (Å²) in [7, 11) is 5.39. The molecule has 0 saturated heterocycles. The van der Waals surface area contributed by atoms with Gasteiger partial charge in [0.15, 0.2) is 0 Å². The highest BCUT2D eigenvalue weighted by atomic mass is 16.5. The Morgan fingerprint density at radius 2 is 2.15 bits per heavy atom. The molecule has 0 aliphatic carbocycles. The maximum absolute atomic E-state index is 11.9. The zero-order valence-corrected chi connectivity index (χ0v) is 12.9. The third kappa shape index (κ3) is 3.84. The Bertz CT molecular complexity index is 462. The van der Waals surface area contributed by atoms with Crippen molar-refractivity contribution < 1.29 is 9.53 Å². The molecule has 0 aliphatic rings. The minimum absolute atomic E-state index is 0.217. The third-order valence-electron chi connectivity index (χ3n) is 3.07. The van der Waals surface area contributed by atoms with Crippen LogP contribution >= 0.6 is 0 Å². The number of methoxy groups -OCH3 is 1. The van der Waals surface area contributed by atoms with E-state index in [1.807, 2.05) is 21.0 Å². The van der Waals surface area contributed by atoms with Gasteiger partial charge in [-0.25, -0.2) is 9.78 Å². The molecular formula is C14H24N4O2. The second-order valence-corrected chi connectivity index (χ2v) is 5.03. The van der Waals surface area contributed by atoms with Crippen LogP contribution in [0.25, 0.3) is 0 Å². The van der Waals surface area contributed by atoms with E-state index in [4.69, 9.17) is 10.5 Å². The van der Waals surface area contributed by atoms with Crippen molar-refractivity contribution in [2.45, 2.75) is 19.9 Å². The van der Waals surface area contributed by atoms with Gasteiger partial charge in [0.25, 0.3) is 0 Å². The van der Waals surface area contributed by atoms with E-state index in [2.05, 4.69) is 21.7 Å². The predicted molar refractivity (Wildman–Crippen MR) is 81.0 cm³/mol. The van der Waals surface area contributed by atoms with Gasteiger partial charge in [0, 0.05) is 19.1 Å². The molecule has 0 bridgehead atoms. The second kappa shape index (κ2) is 7.09. The van der Waals surface area contributed by atoms with Crippen LogP contribution in [-0.4, -0.2) is 56.2 Å². The van der Waals surface area contributed by atoms with Crippen LogP contribution in [0.15, 0.2) is 12.3 Å². The topological polar surface area (TPSA) is 71.7 Å². The minimum Gasteiger partial charge on any atom is -0.465 e. The Morgan fingerprint density at radius 3 is 2.65 bits per heavy atom. The molecule has 2 N–H and O–H groups in total. The van der Waals surface area contributed by atoms with Gasteiger partial charge in [-0.1, -0.05) is 0 Å². The van der Waals surface area contributed by atoms with Crippen molar-refractivity contribution in [2.75, 3.05) is 44.9 Å². The summed E-state index contributed by atoms with van der Waals surface area (Å²) in [6.07, 6.45) is 1.56. The molecule has 1 aromatic heterocycles. The fourth-order valence-corrected chi connectivity index (χ4v) is 2.26. The number of carbonyl (C=O) groups excluding carboxylic acids is 1. The zero-order chi connectivity index (χ0) is 15.3. The van der Waals surface area contributed by atoms with Gasteiger partial charge in [-0.2, -0.15) is 0 Å². The average Bonchev–Trinajstić information content (AvgIpc) is 2.39. The Morgan fingerprint density at radius 1 is 1.50 bits per heavy atom. The summed E-state index contributed by atoms with van der Waals surface area (Å²) in [5.74, 6) is 0.193. The first-order valence-electron chi connectivity index (χ1n) is 6.65. The number of aromatic nitrogens is 1. The van der Waals surface area contributed by atoms with Crippen molar-refractivity contribution in [1.29, 1.82) is 0 Å². The van der Waals surface area contributed by atoms with Crippen LogP contribution in [0.1, 0.15) is 24.2 Å². The lowest BCUT2D eigenvalue weighted by Gasteiger charge is -2.32. The number of ether oxygens (including phenoxy) is 1. The molecule has 1 rings (SSSR count). The highest BCUT2D eigenvalue weighted by molar-refractivity contribution is 5.95. The quantitative estimate of drug-likeness (QED) is 0.790. The standard InChI is InChI=1S/C14H24N4O2/c1-6-18(10(2)9-17(3)4)13-12(14(19)20-5)7-11(15)8-16-13/h7-8,10H,6,9,15H2,1-5H3. The van der Waals surface area contributed by atoms with Gasteiger partial charge in [-0.3, -0.25) is 0 Å². The Kier molecular flexibility index (Phi) is 5.76. The molecule has 6 nitrogen and oxygen atoms in total. The summed E-state index contributed by atoms with van der Waals surface area (Å²) in [6, 6.07) is 1.83. The summed E-state index contributed by atoms with van der Waals surface area (Å²) >= 11 is 0. The number of rotatable bonds is 6. The normalized spacial score (nSPS) is 12.3. The number of anilines is 2. The van der Waals surface area contributed by atoms with Gasteiger partial charge < -0.3 is 20.3 Å². The lowest BCUT2D eigenvalue weighted by Crippen LogP contribution is -2.41. The van der Waals surface area contributed by atoms with Gasteiger partial charge in [0.2, 0.25) is 0 Å². The first-order chi connectivity index (χ1) is 9.40. The van der Waals surface area contributed by atoms with E-state index in [-0.39, 0.29) is 6.04 Å². The van der Waals surface area contributed by atoms with Crippen molar-refractivity contribution >= 4 is 17.5 Å². The predicted octanol–water partition coefficient (Wildman–Crippen LogP) is 1.23. The monoisotopic (exact) mass is 280 g/mol. The minimum atomic E-state index is -0.421. The number of hydrogen-bond acceptors (Lipinski definition) is 6. The van der Waals surface area contributed by atoms with Gasteiger partial charge in [-0.05, 0) is 34.0 Å². The van der Waals surface area contributed by atoms with Crippen molar-refractivity contribution in [3.05, 3.63) is 17.8 Å². The summed E-state index contributed by atoms with van der Waals surface area (Å²) in [4.78, 5) is 20.4. The van der Waals surface area contributed by atoms with Gasteiger partial charge >= 0.3 is 5.97 Å². The summed E-state index contributed by atoms with van der Waals surface area (Å²) in [5, 5.41) is 0. The maximum atomic E-state index is 11.9. The van der Waals surface area contributed by atoms with E-state index in [1.165, 1.54) is 7.11 Å². The zero-order valence-electron chi connectivity index (χ0n) is 12.9. The number of hydrogen-bond donors (Lipinski definition) is 1. The van der Waals surface area contributed by atoms with Crippen LogP contribution < -0.4 is 10.6 Å². The number of nitrogens with zero attached hydrogens (tertiary/aromatic N) is 3. The first kappa shape index (κ1) is 16.2. The fraction of sp³-hybridized carbons (Fsp3) is 0.571. The lowest BCUT2D eigenvalue weighted by atomic mass is 10.2. The average molecular weight is 280 g/mol. The maximum Gasteiger partial charge on any atom is 0.341 e. The number of pyridine rings is 1. The van der Waals surface area contributed by atoms with E-state index in [1.54, 1.807) is 12.3 Å². The molecule has 6 heteroatoms. The molecular weight excluding hydrogens is 256 g/mol. The van der Waals surface area contributed by atoms with Crippen LogP contribution in [0.2, 0.25) is 0 Å². The highest BCUT2D eigenvalue weighted by Gasteiger charge is 2.22. The molecule has 0 saturated carbocycles. The number of nitrogen functional groups attached to an aromatic ring is 1. The van der Waals surface area contributed by atoms with Crippen LogP contribution in [0.3, 0.4) is 0 Å². The van der Waals surface area contributed by atoms with E-state index in [0.717, 1.165) is 13.1 Å². The van der Waals surface area contributed by atoms with Crippen LogP contribution in [0.4, 0.5) is 11.5 Å². The van der Waals surface area contributed by atoms with Gasteiger partial charge in [0.1, 0.15) is 11.4 Å². The summed E-state index contributed by atoms with van der Waals surface area (Å²) < 4.78 is 4.82. The van der Waals surface area contributed by atoms with Crippen LogP contribution in [0.5, 0.6) is 0 Å². The lowest BCUT2D eigenvalue weighted by molar-refractivity contribution is 0.0601. The number of carbonyl (C=O) groups is 1. The Balaban J connectivity index is 3.17. The molecule has 20 heavy (non-hydrogen) atoms. The van der Waals surface area contributed by atoms with Crippen LogP contribution in [0, 0.1) is 0 Å². The smallest absolute Gasteiger partial charge is 0.341 e. The van der Waals surface area contributed by atoms with E-state index in [9.17, 15) is 4.79 Å². The van der Waals surface area contributed by atoms with Crippen molar-refractivity contribution in [2.24, 2.45) is 0 Å². The van der Waals surface area contributed by atoms with Crippen molar-refractivity contribution in [3.8, 4) is 0 Å². The number of esters is 1. The van der Waals surface area contributed by atoms with Crippen molar-refractivity contribution in [1.82, 2.24) is 9.88 Å². The van der Waals surface area contributed by atoms with Crippen LogP contribution in [-0.2, 0) is 4.74 Å². The molecule has 0 amide bonds. The fourth-order valence-electron chi connectivity index (χ4n) is 2.26.